The fraction of sp³-hybridized carbons (Fsp3) is 0.455. The van der Waals surface area contributed by atoms with Crippen molar-refractivity contribution < 1.29 is 9.50 Å². The minimum Gasteiger partial charge on any atom is -0.385 e. The molecule has 0 saturated carbocycles. The number of hydrogen-bond acceptors (Lipinski definition) is 2. The number of aryl methyl sites for hydroxylation is 1. The summed E-state index contributed by atoms with van der Waals surface area (Å²) in [6.07, 6.45) is 2.26. The summed E-state index contributed by atoms with van der Waals surface area (Å²) in [4.78, 5) is 2.52. The predicted octanol–water partition coefficient (Wildman–Crippen LogP) is 4.42. The van der Waals surface area contributed by atoms with E-state index in [2.05, 4.69) is 29.2 Å². The highest BCUT2D eigenvalue weighted by molar-refractivity contribution is 5.34. The van der Waals surface area contributed by atoms with Gasteiger partial charge in [-0.1, -0.05) is 36.4 Å². The Kier molecular flexibility index (Phi) is 4.17. The zero-order valence-electron chi connectivity index (χ0n) is 15.0. The maximum absolute atomic E-state index is 13.6. The van der Waals surface area contributed by atoms with Gasteiger partial charge in [-0.05, 0) is 74.5 Å². The van der Waals surface area contributed by atoms with Crippen LogP contribution >= 0.6 is 0 Å². The summed E-state index contributed by atoms with van der Waals surface area (Å²) < 4.78 is 13.6. The van der Waals surface area contributed by atoms with Crippen LogP contribution in [0.3, 0.4) is 0 Å². The van der Waals surface area contributed by atoms with Gasteiger partial charge in [0.15, 0.2) is 0 Å². The summed E-state index contributed by atoms with van der Waals surface area (Å²) in [5.41, 5.74) is 1.97. The van der Waals surface area contributed by atoms with E-state index in [-0.39, 0.29) is 17.8 Å². The van der Waals surface area contributed by atoms with Crippen molar-refractivity contribution in [3.05, 3.63) is 71.0 Å². The van der Waals surface area contributed by atoms with Gasteiger partial charge in [-0.3, -0.25) is 4.90 Å². The summed E-state index contributed by atoms with van der Waals surface area (Å²) >= 11 is 0. The molecule has 2 bridgehead atoms. The number of benzene rings is 2. The second-order valence-electron chi connectivity index (χ2n) is 7.86. The normalized spacial score (nSPS) is 30.9. The summed E-state index contributed by atoms with van der Waals surface area (Å²) in [6, 6.07) is 15.5. The molecule has 3 unspecified atom stereocenters. The van der Waals surface area contributed by atoms with Crippen molar-refractivity contribution in [1.82, 2.24) is 4.90 Å². The Balaban J connectivity index is 1.80. The van der Waals surface area contributed by atoms with E-state index in [1.54, 1.807) is 6.07 Å². The van der Waals surface area contributed by atoms with Crippen LogP contribution in [0.25, 0.3) is 0 Å². The third kappa shape index (κ3) is 2.80. The number of rotatable bonds is 3. The molecule has 3 heteroatoms. The largest absolute Gasteiger partial charge is 0.385 e. The number of fused-ring (bicyclic) bond motifs is 3. The first-order valence-corrected chi connectivity index (χ1v) is 9.26. The van der Waals surface area contributed by atoms with E-state index >= 15 is 0 Å². The molecule has 3 saturated heterocycles. The lowest BCUT2D eigenvalue weighted by Crippen LogP contribution is -2.56. The van der Waals surface area contributed by atoms with Crippen LogP contribution in [0.5, 0.6) is 0 Å². The van der Waals surface area contributed by atoms with Crippen molar-refractivity contribution >= 4 is 0 Å². The first-order chi connectivity index (χ1) is 12.0. The molecule has 0 radical (unpaired) electrons. The molecule has 0 amide bonds. The summed E-state index contributed by atoms with van der Waals surface area (Å²) in [5, 5.41) is 11.7. The van der Waals surface area contributed by atoms with Crippen LogP contribution in [0.2, 0.25) is 0 Å². The number of nitrogens with zero attached hydrogens (tertiary/aromatic N) is 1. The summed E-state index contributed by atoms with van der Waals surface area (Å²) in [7, 11) is 0. The van der Waals surface area contributed by atoms with Crippen molar-refractivity contribution in [1.29, 1.82) is 0 Å². The number of halogens is 1. The van der Waals surface area contributed by atoms with Gasteiger partial charge in [0.1, 0.15) is 5.82 Å². The molecule has 1 N–H and O–H groups in total. The predicted molar refractivity (Wildman–Crippen MR) is 97.7 cm³/mol. The molecule has 2 aromatic rings. The SMILES string of the molecule is Cc1cc(F)ccc1C(C)(O)C1C2CCN(CC2)C1c1ccccc1. The fourth-order valence-electron chi connectivity index (χ4n) is 5.25. The molecule has 3 atom stereocenters. The Labute approximate surface area is 149 Å². The van der Waals surface area contributed by atoms with Gasteiger partial charge in [0.25, 0.3) is 0 Å². The van der Waals surface area contributed by atoms with Gasteiger partial charge >= 0.3 is 0 Å². The Morgan fingerprint density at radius 2 is 1.76 bits per heavy atom. The van der Waals surface area contributed by atoms with E-state index in [1.807, 2.05) is 19.9 Å². The van der Waals surface area contributed by atoms with Crippen LogP contribution in [0.4, 0.5) is 4.39 Å². The molecule has 2 nitrogen and oxygen atoms in total. The van der Waals surface area contributed by atoms with Crippen LogP contribution in [0.15, 0.2) is 48.5 Å². The van der Waals surface area contributed by atoms with E-state index in [0.717, 1.165) is 37.1 Å². The lowest BCUT2D eigenvalue weighted by atomic mass is 9.62. The quantitative estimate of drug-likeness (QED) is 0.894. The topological polar surface area (TPSA) is 23.5 Å². The van der Waals surface area contributed by atoms with E-state index in [1.165, 1.54) is 17.7 Å². The Morgan fingerprint density at radius 3 is 2.40 bits per heavy atom. The maximum Gasteiger partial charge on any atom is 0.123 e. The van der Waals surface area contributed by atoms with Gasteiger partial charge in [-0.2, -0.15) is 0 Å². The third-order valence-corrected chi connectivity index (χ3v) is 6.34. The van der Waals surface area contributed by atoms with Crippen LogP contribution in [0.1, 0.15) is 42.5 Å². The molecule has 5 rings (SSSR count). The fourth-order valence-corrected chi connectivity index (χ4v) is 5.25. The molecule has 25 heavy (non-hydrogen) atoms. The van der Waals surface area contributed by atoms with Gasteiger partial charge < -0.3 is 5.11 Å². The Hall–Kier alpha value is -1.71. The second-order valence-corrected chi connectivity index (χ2v) is 7.86. The highest BCUT2D eigenvalue weighted by Crippen LogP contribution is 2.53. The summed E-state index contributed by atoms with van der Waals surface area (Å²) in [6.45, 7) is 6.01. The zero-order chi connectivity index (χ0) is 17.6. The smallest absolute Gasteiger partial charge is 0.123 e. The molecule has 0 aromatic heterocycles. The highest BCUT2D eigenvalue weighted by atomic mass is 19.1. The van der Waals surface area contributed by atoms with E-state index < -0.39 is 5.60 Å². The minimum absolute atomic E-state index is 0.113. The molecular weight excluding hydrogens is 313 g/mol. The van der Waals surface area contributed by atoms with Crippen molar-refractivity contribution in [2.45, 2.75) is 38.3 Å². The van der Waals surface area contributed by atoms with Crippen molar-refractivity contribution in [2.24, 2.45) is 11.8 Å². The third-order valence-electron chi connectivity index (χ3n) is 6.34. The maximum atomic E-state index is 13.6. The molecule has 3 fully saturated rings. The van der Waals surface area contributed by atoms with Crippen molar-refractivity contribution in [3.8, 4) is 0 Å². The van der Waals surface area contributed by atoms with Crippen LogP contribution in [-0.4, -0.2) is 23.1 Å². The first-order valence-electron chi connectivity index (χ1n) is 9.26. The average Bonchev–Trinajstić information content (AvgIpc) is 2.62. The van der Waals surface area contributed by atoms with Gasteiger partial charge in [0.05, 0.1) is 5.60 Å². The van der Waals surface area contributed by atoms with Gasteiger partial charge in [-0.25, -0.2) is 4.39 Å². The van der Waals surface area contributed by atoms with Crippen molar-refractivity contribution in [3.63, 3.8) is 0 Å². The molecule has 3 aliphatic heterocycles. The zero-order valence-corrected chi connectivity index (χ0v) is 15.0. The molecule has 132 valence electrons. The Bertz CT molecular complexity index is 750. The molecular formula is C22H26FNO. The van der Waals surface area contributed by atoms with Crippen molar-refractivity contribution in [2.75, 3.05) is 13.1 Å². The molecule has 2 aromatic carbocycles. The monoisotopic (exact) mass is 339 g/mol. The Morgan fingerprint density at radius 1 is 1.08 bits per heavy atom. The second kappa shape index (κ2) is 6.22. The molecule has 3 heterocycles. The lowest BCUT2D eigenvalue weighted by molar-refractivity contribution is -0.127. The van der Waals surface area contributed by atoms with Gasteiger partial charge in [0.2, 0.25) is 0 Å². The molecule has 0 spiro atoms. The average molecular weight is 339 g/mol. The standard InChI is InChI=1S/C22H26FNO/c1-15-14-18(23)8-9-19(15)22(2,25)20-16-10-12-24(13-11-16)21(20)17-6-4-3-5-7-17/h3-9,14,16,20-21,25H,10-13H2,1-2H3. The molecule has 3 aliphatic rings. The summed E-state index contributed by atoms with van der Waals surface area (Å²) in [5.74, 6) is 0.363. The number of hydrogen-bond donors (Lipinski definition) is 1. The lowest BCUT2D eigenvalue weighted by Gasteiger charge is -2.56. The number of piperidine rings is 3. The van der Waals surface area contributed by atoms with Crippen LogP contribution in [0, 0.1) is 24.6 Å². The van der Waals surface area contributed by atoms with Gasteiger partial charge in [-0.15, -0.1) is 0 Å². The highest BCUT2D eigenvalue weighted by Gasteiger charge is 2.51. The van der Waals surface area contributed by atoms with E-state index in [4.69, 9.17) is 0 Å². The van der Waals surface area contributed by atoms with Gasteiger partial charge in [0, 0.05) is 12.0 Å². The van der Waals surface area contributed by atoms with E-state index in [0.29, 0.717) is 5.92 Å². The van der Waals surface area contributed by atoms with Crippen LogP contribution in [-0.2, 0) is 5.60 Å². The van der Waals surface area contributed by atoms with Crippen LogP contribution < -0.4 is 0 Å². The van der Waals surface area contributed by atoms with E-state index in [9.17, 15) is 9.50 Å². The number of aliphatic hydroxyl groups is 1. The molecule has 0 aliphatic carbocycles. The first kappa shape index (κ1) is 16.7. The minimum atomic E-state index is -0.984.